The number of carbonyl (C=O) groups excluding carboxylic acids is 3. The van der Waals surface area contributed by atoms with Gasteiger partial charge in [0.05, 0.1) is 34.8 Å². The van der Waals surface area contributed by atoms with Gasteiger partial charge in [0.15, 0.2) is 18.5 Å². The molecule has 180 valence electrons. The predicted octanol–water partition coefficient (Wildman–Crippen LogP) is 4.53. The molecule has 0 radical (unpaired) electrons. The molecular formula is C26H29IN2O5. The minimum absolute atomic E-state index is 0.00133. The molecule has 0 saturated heterocycles. The number of Topliss-reactive ketones (excluding diaryl/α,β-unsaturated/α-hetero) is 1. The molecule has 0 aliphatic carbocycles. The highest BCUT2D eigenvalue weighted by Crippen LogP contribution is 2.31. The molecule has 0 spiro atoms. The van der Waals surface area contributed by atoms with Gasteiger partial charge in [0.25, 0.3) is 11.8 Å². The van der Waals surface area contributed by atoms with E-state index in [1.165, 1.54) is 3.11 Å². The third-order valence-electron chi connectivity index (χ3n) is 5.83. The van der Waals surface area contributed by atoms with Crippen molar-refractivity contribution in [2.75, 3.05) is 13.2 Å². The summed E-state index contributed by atoms with van der Waals surface area (Å²) in [6.45, 7) is 11.9. The highest BCUT2D eigenvalue weighted by molar-refractivity contribution is 14.1. The zero-order chi connectivity index (χ0) is 25.0. The third kappa shape index (κ3) is 6.37. The lowest BCUT2D eigenvalue weighted by Gasteiger charge is -2.27. The van der Waals surface area contributed by atoms with Crippen LogP contribution in [0.25, 0.3) is 0 Å². The first-order valence-corrected chi connectivity index (χ1v) is 12.0. The number of nitrogens with one attached hydrogen (secondary N) is 1. The number of fused-ring (bicyclic) bond motifs is 1. The largest absolute Gasteiger partial charge is 0.484 e. The van der Waals surface area contributed by atoms with Crippen LogP contribution in [0.5, 0.6) is 11.5 Å². The highest BCUT2D eigenvalue weighted by Gasteiger charge is 2.34. The molecule has 1 aliphatic heterocycles. The van der Waals surface area contributed by atoms with Crippen molar-refractivity contribution in [1.29, 1.82) is 0 Å². The highest BCUT2D eigenvalue weighted by atomic mass is 127. The van der Waals surface area contributed by atoms with Crippen LogP contribution in [0, 0.1) is 27.7 Å². The van der Waals surface area contributed by atoms with Crippen molar-refractivity contribution >= 4 is 40.5 Å². The van der Waals surface area contributed by atoms with Crippen LogP contribution in [-0.2, 0) is 9.59 Å². The lowest BCUT2D eigenvalue weighted by Crippen LogP contribution is -2.41. The summed E-state index contributed by atoms with van der Waals surface area (Å²) in [4.78, 5) is 37.6. The summed E-state index contributed by atoms with van der Waals surface area (Å²) in [5.74, 6) is 0.353. The van der Waals surface area contributed by atoms with Gasteiger partial charge >= 0.3 is 0 Å². The molecule has 2 aromatic rings. The molecule has 1 atom stereocenters. The summed E-state index contributed by atoms with van der Waals surface area (Å²) in [6, 6.07) is 9.26. The van der Waals surface area contributed by atoms with E-state index in [0.29, 0.717) is 35.7 Å². The third-order valence-corrected chi connectivity index (χ3v) is 6.78. The van der Waals surface area contributed by atoms with Crippen LogP contribution in [0.4, 0.5) is 0 Å². The van der Waals surface area contributed by atoms with Crippen LogP contribution in [0.1, 0.15) is 45.5 Å². The van der Waals surface area contributed by atoms with Crippen molar-refractivity contribution in [3.8, 4) is 11.5 Å². The van der Waals surface area contributed by atoms with Gasteiger partial charge in [-0.25, -0.2) is 0 Å². The summed E-state index contributed by atoms with van der Waals surface area (Å²) in [5.41, 5.74) is 5.24. The molecule has 3 rings (SSSR count). The molecule has 0 bridgehead atoms. The molecule has 0 saturated carbocycles. The number of rotatable bonds is 8. The average Bonchev–Trinajstić information content (AvgIpc) is 2.79. The fourth-order valence-electron chi connectivity index (χ4n) is 3.46. The Balaban J connectivity index is 1.46. The Morgan fingerprint density at radius 1 is 1.12 bits per heavy atom. The van der Waals surface area contributed by atoms with Gasteiger partial charge in [-0.3, -0.25) is 17.5 Å². The lowest BCUT2D eigenvalue weighted by molar-refractivity contribution is -0.132. The Morgan fingerprint density at radius 2 is 1.79 bits per heavy atom. The lowest BCUT2D eigenvalue weighted by atomic mass is 9.96. The van der Waals surface area contributed by atoms with Crippen LogP contribution in [-0.4, -0.2) is 40.0 Å². The SMILES string of the molecule is C=C(CCN(I)C(=O)[C@@H]1CC(=O)c2cc(C)c(C)cc2O1)NC(=O)COc1ccc(C)c(C)c1. The molecule has 34 heavy (non-hydrogen) atoms. The van der Waals surface area contributed by atoms with E-state index in [1.54, 1.807) is 6.07 Å². The monoisotopic (exact) mass is 576 g/mol. The van der Waals surface area contributed by atoms with E-state index in [2.05, 4.69) is 11.9 Å². The van der Waals surface area contributed by atoms with Gasteiger partial charge in [-0.2, -0.15) is 0 Å². The molecule has 7 nitrogen and oxygen atoms in total. The van der Waals surface area contributed by atoms with Crippen LogP contribution < -0.4 is 14.8 Å². The maximum atomic E-state index is 12.9. The summed E-state index contributed by atoms with van der Waals surface area (Å²) >= 11 is 1.90. The van der Waals surface area contributed by atoms with E-state index < -0.39 is 6.10 Å². The van der Waals surface area contributed by atoms with Crippen LogP contribution in [0.15, 0.2) is 42.6 Å². The van der Waals surface area contributed by atoms with E-state index in [9.17, 15) is 14.4 Å². The van der Waals surface area contributed by atoms with Crippen molar-refractivity contribution < 1.29 is 23.9 Å². The van der Waals surface area contributed by atoms with E-state index >= 15 is 0 Å². The van der Waals surface area contributed by atoms with Crippen molar-refractivity contribution in [2.24, 2.45) is 0 Å². The van der Waals surface area contributed by atoms with Gasteiger partial charge in [-0.15, -0.1) is 0 Å². The molecule has 2 amide bonds. The van der Waals surface area contributed by atoms with E-state index in [-0.39, 0.29) is 30.6 Å². The van der Waals surface area contributed by atoms with Crippen molar-refractivity contribution in [3.05, 3.63) is 70.4 Å². The zero-order valence-electron chi connectivity index (χ0n) is 19.9. The zero-order valence-corrected chi connectivity index (χ0v) is 22.0. The second kappa shape index (κ2) is 11.0. The fraction of sp³-hybridized carbons (Fsp3) is 0.346. The van der Waals surface area contributed by atoms with Crippen molar-refractivity contribution in [3.63, 3.8) is 0 Å². The van der Waals surface area contributed by atoms with E-state index in [4.69, 9.17) is 9.47 Å². The Bertz CT molecular complexity index is 1140. The number of nitrogens with zero attached hydrogens (tertiary/aromatic N) is 1. The van der Waals surface area contributed by atoms with Crippen LogP contribution >= 0.6 is 22.9 Å². The van der Waals surface area contributed by atoms with Gasteiger partial charge in [0.2, 0.25) is 0 Å². The molecule has 2 aromatic carbocycles. The van der Waals surface area contributed by atoms with Crippen molar-refractivity contribution in [2.45, 2.75) is 46.6 Å². The average molecular weight is 576 g/mol. The molecule has 0 fully saturated rings. The minimum atomic E-state index is -0.867. The molecule has 1 aliphatic rings. The van der Waals surface area contributed by atoms with Gasteiger partial charge in [-0.1, -0.05) is 12.6 Å². The number of ketones is 1. The number of amides is 2. The van der Waals surface area contributed by atoms with Crippen LogP contribution in [0.3, 0.4) is 0 Å². The summed E-state index contributed by atoms with van der Waals surface area (Å²) < 4.78 is 12.9. The van der Waals surface area contributed by atoms with Gasteiger partial charge in [0.1, 0.15) is 11.5 Å². The molecule has 0 unspecified atom stereocenters. The first-order chi connectivity index (χ1) is 16.0. The van der Waals surface area contributed by atoms with Crippen LogP contribution in [0.2, 0.25) is 0 Å². The molecule has 1 heterocycles. The van der Waals surface area contributed by atoms with Gasteiger partial charge < -0.3 is 14.8 Å². The Kier molecular flexibility index (Phi) is 8.35. The number of halogens is 1. The van der Waals surface area contributed by atoms with Gasteiger partial charge in [-0.05, 0) is 74.2 Å². The Morgan fingerprint density at radius 3 is 2.50 bits per heavy atom. The Labute approximate surface area is 214 Å². The topological polar surface area (TPSA) is 84.9 Å². The molecular weight excluding hydrogens is 547 g/mol. The summed E-state index contributed by atoms with van der Waals surface area (Å²) in [7, 11) is 0. The molecule has 0 aromatic heterocycles. The molecule has 8 heteroatoms. The fourth-order valence-corrected chi connectivity index (χ4v) is 4.02. The summed E-state index contributed by atoms with van der Waals surface area (Å²) in [6.07, 6.45) is -0.505. The summed E-state index contributed by atoms with van der Waals surface area (Å²) in [5, 5.41) is 2.70. The Hall–Kier alpha value is -2.88. The predicted molar refractivity (Wildman–Crippen MR) is 138 cm³/mol. The number of ether oxygens (including phenoxy) is 2. The smallest absolute Gasteiger partial charge is 0.272 e. The number of carbonyl (C=O) groups is 3. The van der Waals surface area contributed by atoms with E-state index in [0.717, 1.165) is 22.3 Å². The number of hydrogen-bond acceptors (Lipinski definition) is 5. The number of aryl methyl sites for hydroxylation is 4. The first kappa shape index (κ1) is 25.7. The van der Waals surface area contributed by atoms with Crippen molar-refractivity contribution in [1.82, 2.24) is 8.43 Å². The first-order valence-electron chi connectivity index (χ1n) is 11.0. The quantitative estimate of drug-likeness (QED) is 0.369. The maximum absolute atomic E-state index is 12.9. The maximum Gasteiger partial charge on any atom is 0.272 e. The van der Waals surface area contributed by atoms with E-state index in [1.807, 2.05) is 74.8 Å². The minimum Gasteiger partial charge on any atom is -0.484 e. The second-order valence-electron chi connectivity index (χ2n) is 8.53. The number of hydrogen-bond donors (Lipinski definition) is 1. The molecule has 1 N–H and O–H groups in total. The number of benzene rings is 2. The standard InChI is InChI=1S/C26H29IN2O5/c1-15-6-7-20(10-16(15)2)33-14-25(31)28-19(5)8-9-29(27)26(32)24-13-22(30)21-11-17(3)18(4)12-23(21)34-24/h6-7,10-12,24H,5,8-9,13-14H2,1-4H3,(H,28,31)/t24-/m0/s1. The second-order valence-corrected chi connectivity index (χ2v) is 9.69. The normalized spacial score (nSPS) is 14.6. The van der Waals surface area contributed by atoms with Gasteiger partial charge in [0, 0.05) is 18.7 Å².